The molecule has 2 N–H and O–H groups in total. The maximum atomic E-state index is 10.0. The SMILES string of the molecule is OC1CNCC12CC2N1CCC2(CC2)C1. The van der Waals surface area contributed by atoms with E-state index in [4.69, 9.17) is 0 Å². The molecule has 4 fully saturated rings. The van der Waals surface area contributed by atoms with Gasteiger partial charge in [0.15, 0.2) is 0 Å². The van der Waals surface area contributed by atoms with Crippen LogP contribution in [0.15, 0.2) is 0 Å². The van der Waals surface area contributed by atoms with Gasteiger partial charge in [0.25, 0.3) is 0 Å². The van der Waals surface area contributed by atoms with Crippen LogP contribution in [0, 0.1) is 10.8 Å². The van der Waals surface area contributed by atoms with Gasteiger partial charge in [0.1, 0.15) is 0 Å². The highest BCUT2D eigenvalue weighted by Crippen LogP contribution is 2.59. The summed E-state index contributed by atoms with van der Waals surface area (Å²) >= 11 is 0. The summed E-state index contributed by atoms with van der Waals surface area (Å²) < 4.78 is 0. The maximum absolute atomic E-state index is 10.0. The number of hydrogen-bond donors (Lipinski definition) is 2. The van der Waals surface area contributed by atoms with Crippen molar-refractivity contribution in [3.8, 4) is 0 Å². The van der Waals surface area contributed by atoms with Crippen LogP contribution in [0.5, 0.6) is 0 Å². The fraction of sp³-hybridized carbons (Fsp3) is 1.00. The van der Waals surface area contributed by atoms with Gasteiger partial charge in [0, 0.05) is 31.1 Å². The summed E-state index contributed by atoms with van der Waals surface area (Å²) in [5.74, 6) is 0. The van der Waals surface area contributed by atoms with E-state index in [-0.39, 0.29) is 11.5 Å². The lowest BCUT2D eigenvalue weighted by atomic mass is 10.0. The lowest BCUT2D eigenvalue weighted by Gasteiger charge is -2.21. The van der Waals surface area contributed by atoms with Crippen molar-refractivity contribution in [2.24, 2.45) is 10.8 Å². The highest BCUT2D eigenvalue weighted by Gasteiger charge is 2.65. The third-order valence-corrected chi connectivity index (χ3v) is 5.40. The molecular weight excluding hydrogens is 188 g/mol. The number of likely N-dealkylation sites (tertiary alicyclic amines) is 1. The molecule has 4 rings (SSSR count). The van der Waals surface area contributed by atoms with Crippen molar-refractivity contribution in [2.45, 2.75) is 37.8 Å². The van der Waals surface area contributed by atoms with Gasteiger partial charge in [-0.2, -0.15) is 0 Å². The van der Waals surface area contributed by atoms with E-state index in [0.29, 0.717) is 6.04 Å². The smallest absolute Gasteiger partial charge is 0.0748 e. The fourth-order valence-electron chi connectivity index (χ4n) is 3.93. The topological polar surface area (TPSA) is 35.5 Å². The highest BCUT2D eigenvalue weighted by atomic mass is 16.3. The van der Waals surface area contributed by atoms with Crippen molar-refractivity contribution >= 4 is 0 Å². The molecule has 0 amide bonds. The predicted molar refractivity (Wildman–Crippen MR) is 57.6 cm³/mol. The van der Waals surface area contributed by atoms with E-state index in [1.54, 1.807) is 0 Å². The minimum Gasteiger partial charge on any atom is -0.391 e. The summed E-state index contributed by atoms with van der Waals surface area (Å²) in [7, 11) is 0. The number of nitrogens with one attached hydrogen (secondary N) is 1. The lowest BCUT2D eigenvalue weighted by molar-refractivity contribution is 0.112. The molecule has 0 aromatic carbocycles. The van der Waals surface area contributed by atoms with Gasteiger partial charge >= 0.3 is 0 Å². The molecule has 0 aromatic rings. The Labute approximate surface area is 90.8 Å². The number of hydrogen-bond acceptors (Lipinski definition) is 3. The second-order valence-corrected chi connectivity index (χ2v) is 6.32. The van der Waals surface area contributed by atoms with Crippen molar-refractivity contribution < 1.29 is 5.11 Å². The molecule has 2 aliphatic heterocycles. The third-order valence-electron chi connectivity index (χ3n) is 5.40. The third kappa shape index (κ3) is 1.12. The van der Waals surface area contributed by atoms with Crippen LogP contribution in [0.3, 0.4) is 0 Å². The standard InChI is InChI=1S/C12H20N2O/c15-10-6-13-7-12(10)5-9(12)14-4-3-11(8-14)1-2-11/h9-10,13,15H,1-8H2. The van der Waals surface area contributed by atoms with Crippen molar-refractivity contribution in [3.63, 3.8) is 0 Å². The molecule has 0 bridgehead atoms. The number of β-amino-alcohol motifs (C(OH)–C–C–N with tert-alkyl or cyclic N) is 1. The zero-order valence-corrected chi connectivity index (χ0v) is 9.21. The fourth-order valence-corrected chi connectivity index (χ4v) is 3.93. The van der Waals surface area contributed by atoms with Gasteiger partial charge in [-0.1, -0.05) is 0 Å². The molecule has 2 heterocycles. The Bertz CT molecular complexity index is 302. The largest absolute Gasteiger partial charge is 0.391 e. The van der Waals surface area contributed by atoms with Crippen molar-refractivity contribution in [3.05, 3.63) is 0 Å². The first-order valence-corrected chi connectivity index (χ1v) is 6.37. The van der Waals surface area contributed by atoms with Crippen molar-refractivity contribution in [2.75, 3.05) is 26.2 Å². The van der Waals surface area contributed by atoms with E-state index in [1.165, 1.54) is 38.8 Å². The molecule has 3 unspecified atom stereocenters. The van der Waals surface area contributed by atoms with E-state index in [2.05, 4.69) is 10.2 Å². The Morgan fingerprint density at radius 1 is 1.27 bits per heavy atom. The molecular formula is C12H20N2O. The van der Waals surface area contributed by atoms with Gasteiger partial charge in [0.2, 0.25) is 0 Å². The van der Waals surface area contributed by atoms with E-state index in [1.807, 2.05) is 0 Å². The lowest BCUT2D eigenvalue weighted by Crippen LogP contribution is -2.33. The van der Waals surface area contributed by atoms with Crippen molar-refractivity contribution in [1.82, 2.24) is 10.2 Å². The second-order valence-electron chi connectivity index (χ2n) is 6.32. The summed E-state index contributed by atoms with van der Waals surface area (Å²) in [5.41, 5.74) is 0.987. The molecule has 4 aliphatic rings. The van der Waals surface area contributed by atoms with Crippen LogP contribution in [0.25, 0.3) is 0 Å². The van der Waals surface area contributed by atoms with Gasteiger partial charge in [-0.15, -0.1) is 0 Å². The number of aliphatic hydroxyl groups is 1. The molecule has 15 heavy (non-hydrogen) atoms. The molecule has 3 atom stereocenters. The molecule has 84 valence electrons. The Hall–Kier alpha value is -0.120. The van der Waals surface area contributed by atoms with Crippen LogP contribution >= 0.6 is 0 Å². The summed E-state index contributed by atoms with van der Waals surface area (Å²) in [6.07, 6.45) is 5.49. The average molecular weight is 208 g/mol. The Morgan fingerprint density at radius 2 is 2.13 bits per heavy atom. The summed E-state index contributed by atoms with van der Waals surface area (Å²) in [5, 5.41) is 13.3. The van der Waals surface area contributed by atoms with Crippen LogP contribution in [0.2, 0.25) is 0 Å². The molecule has 0 radical (unpaired) electrons. The highest BCUT2D eigenvalue weighted by molar-refractivity contribution is 5.19. The average Bonchev–Trinajstić information content (AvgIpc) is 3.02. The van der Waals surface area contributed by atoms with Crippen molar-refractivity contribution in [1.29, 1.82) is 0 Å². The molecule has 2 spiro atoms. The number of nitrogens with zero attached hydrogens (tertiary/aromatic N) is 1. The minimum atomic E-state index is -0.0850. The van der Waals surface area contributed by atoms with Crippen LogP contribution < -0.4 is 5.32 Å². The Morgan fingerprint density at radius 3 is 2.73 bits per heavy atom. The number of rotatable bonds is 1. The van der Waals surface area contributed by atoms with Gasteiger partial charge in [-0.05, 0) is 37.6 Å². The van der Waals surface area contributed by atoms with E-state index >= 15 is 0 Å². The predicted octanol–water partition coefficient (Wildman–Crippen LogP) is 0.195. The first-order valence-electron chi connectivity index (χ1n) is 6.37. The monoisotopic (exact) mass is 208 g/mol. The van der Waals surface area contributed by atoms with Gasteiger partial charge < -0.3 is 10.4 Å². The Balaban J connectivity index is 1.48. The molecule has 2 saturated carbocycles. The molecule has 0 aromatic heterocycles. The quantitative estimate of drug-likeness (QED) is 0.646. The Kier molecular flexibility index (Phi) is 1.54. The minimum absolute atomic E-state index is 0.0850. The summed E-state index contributed by atoms with van der Waals surface area (Å²) in [6.45, 7) is 4.48. The summed E-state index contributed by atoms with van der Waals surface area (Å²) in [6, 6.07) is 0.697. The molecule has 3 nitrogen and oxygen atoms in total. The maximum Gasteiger partial charge on any atom is 0.0748 e. The number of aliphatic hydroxyl groups excluding tert-OH is 1. The first kappa shape index (κ1) is 8.97. The van der Waals surface area contributed by atoms with Gasteiger partial charge in [-0.25, -0.2) is 0 Å². The second kappa shape index (κ2) is 2.58. The van der Waals surface area contributed by atoms with Crippen LogP contribution in [0.4, 0.5) is 0 Å². The zero-order chi connectivity index (χ0) is 10.1. The normalized spacial score (nSPS) is 51.8. The van der Waals surface area contributed by atoms with Crippen LogP contribution in [-0.2, 0) is 0 Å². The van der Waals surface area contributed by atoms with Gasteiger partial charge in [0.05, 0.1) is 6.10 Å². The zero-order valence-electron chi connectivity index (χ0n) is 9.21. The summed E-state index contributed by atoms with van der Waals surface area (Å²) in [4.78, 5) is 2.67. The van der Waals surface area contributed by atoms with Crippen LogP contribution in [0.1, 0.15) is 25.7 Å². The molecule has 3 heteroatoms. The first-order chi connectivity index (χ1) is 7.24. The van der Waals surface area contributed by atoms with E-state index < -0.39 is 0 Å². The molecule has 2 saturated heterocycles. The van der Waals surface area contributed by atoms with Gasteiger partial charge in [-0.3, -0.25) is 4.90 Å². The van der Waals surface area contributed by atoms with E-state index in [9.17, 15) is 5.11 Å². The molecule has 2 aliphatic carbocycles. The van der Waals surface area contributed by atoms with E-state index in [0.717, 1.165) is 18.5 Å². The van der Waals surface area contributed by atoms with Crippen LogP contribution in [-0.4, -0.2) is 48.3 Å².